The van der Waals surface area contributed by atoms with Gasteiger partial charge in [-0.1, -0.05) is 6.07 Å². The fourth-order valence-electron chi connectivity index (χ4n) is 2.43. The van der Waals surface area contributed by atoms with Gasteiger partial charge in [-0.05, 0) is 31.4 Å². The lowest BCUT2D eigenvalue weighted by atomic mass is 10.1. The molecule has 3 rings (SSSR count). The van der Waals surface area contributed by atoms with E-state index >= 15 is 0 Å². The molecule has 0 aromatic carbocycles. The maximum atomic E-state index is 5.75. The van der Waals surface area contributed by atoms with E-state index in [1.165, 1.54) is 12.8 Å². The van der Waals surface area contributed by atoms with E-state index < -0.39 is 0 Å². The van der Waals surface area contributed by atoms with Crippen LogP contribution in [0, 0.1) is 0 Å². The van der Waals surface area contributed by atoms with Crippen molar-refractivity contribution in [2.24, 2.45) is 0 Å². The molecule has 2 aromatic heterocycles. The number of ether oxygens (including phenoxy) is 2. The zero-order valence-electron chi connectivity index (χ0n) is 10.5. The molecule has 0 bridgehead atoms. The maximum absolute atomic E-state index is 5.75. The molecule has 0 N–H and O–H groups in total. The maximum Gasteiger partial charge on any atom is 0.200 e. The molecule has 5 nitrogen and oxygen atoms in total. The fourth-order valence-corrected chi connectivity index (χ4v) is 2.43. The van der Waals surface area contributed by atoms with E-state index in [4.69, 9.17) is 9.47 Å². The van der Waals surface area contributed by atoms with Gasteiger partial charge < -0.3 is 9.47 Å². The van der Waals surface area contributed by atoms with Crippen LogP contribution in [-0.2, 0) is 11.2 Å². The summed E-state index contributed by atoms with van der Waals surface area (Å²) in [5.41, 5.74) is 0.820. The number of pyridine rings is 1. The zero-order valence-corrected chi connectivity index (χ0v) is 10.5. The molecule has 1 aliphatic rings. The fraction of sp³-hybridized carbons (Fsp3) is 0.538. The van der Waals surface area contributed by atoms with E-state index in [1.807, 2.05) is 22.6 Å². The summed E-state index contributed by atoms with van der Waals surface area (Å²) in [7, 11) is 1.66. The van der Waals surface area contributed by atoms with Crippen molar-refractivity contribution >= 4 is 5.65 Å². The molecule has 1 aliphatic heterocycles. The normalized spacial score (nSPS) is 20.2. The van der Waals surface area contributed by atoms with Gasteiger partial charge in [-0.3, -0.25) is 0 Å². The monoisotopic (exact) mass is 247 g/mol. The number of hydrogen-bond donors (Lipinski definition) is 0. The molecule has 0 radical (unpaired) electrons. The number of methoxy groups -OCH3 is 1. The van der Waals surface area contributed by atoms with E-state index in [0.29, 0.717) is 0 Å². The van der Waals surface area contributed by atoms with E-state index in [-0.39, 0.29) is 6.10 Å². The van der Waals surface area contributed by atoms with Gasteiger partial charge in [0.25, 0.3) is 0 Å². The Morgan fingerprint density at radius 1 is 1.39 bits per heavy atom. The van der Waals surface area contributed by atoms with Gasteiger partial charge in [0.15, 0.2) is 5.65 Å². The van der Waals surface area contributed by atoms with Gasteiger partial charge in [-0.25, -0.2) is 4.40 Å². The highest BCUT2D eigenvalue weighted by atomic mass is 16.5. The second kappa shape index (κ2) is 4.94. The lowest BCUT2D eigenvalue weighted by molar-refractivity contribution is 0.0154. The molecule has 2 aromatic rings. The summed E-state index contributed by atoms with van der Waals surface area (Å²) in [4.78, 5) is 0. The summed E-state index contributed by atoms with van der Waals surface area (Å²) in [5.74, 6) is 1.68. The SMILES string of the molecule is COc1cccc2nnc(CC3CCCCO3)n12. The van der Waals surface area contributed by atoms with Gasteiger partial charge in [-0.15, -0.1) is 10.2 Å². The number of aromatic nitrogens is 3. The number of rotatable bonds is 3. The van der Waals surface area contributed by atoms with Gasteiger partial charge in [0.1, 0.15) is 5.82 Å². The summed E-state index contributed by atoms with van der Waals surface area (Å²) >= 11 is 0. The Kier molecular flexibility index (Phi) is 3.15. The molecule has 5 heteroatoms. The van der Waals surface area contributed by atoms with Crippen LogP contribution in [0.4, 0.5) is 0 Å². The minimum Gasteiger partial charge on any atom is -0.482 e. The Morgan fingerprint density at radius 3 is 3.11 bits per heavy atom. The van der Waals surface area contributed by atoms with Gasteiger partial charge in [0.2, 0.25) is 5.88 Å². The molecular weight excluding hydrogens is 230 g/mol. The first kappa shape index (κ1) is 11.5. The number of hydrogen-bond acceptors (Lipinski definition) is 4. The van der Waals surface area contributed by atoms with Gasteiger partial charge >= 0.3 is 0 Å². The smallest absolute Gasteiger partial charge is 0.200 e. The third-order valence-electron chi connectivity index (χ3n) is 3.35. The molecule has 1 fully saturated rings. The van der Waals surface area contributed by atoms with Crippen molar-refractivity contribution in [1.29, 1.82) is 0 Å². The van der Waals surface area contributed by atoms with Crippen LogP contribution >= 0.6 is 0 Å². The van der Waals surface area contributed by atoms with Gasteiger partial charge in [-0.2, -0.15) is 0 Å². The Labute approximate surface area is 106 Å². The van der Waals surface area contributed by atoms with Crippen LogP contribution in [0.1, 0.15) is 25.1 Å². The molecule has 18 heavy (non-hydrogen) atoms. The highest BCUT2D eigenvalue weighted by molar-refractivity contribution is 5.42. The summed E-state index contributed by atoms with van der Waals surface area (Å²) in [6.45, 7) is 0.860. The van der Waals surface area contributed by atoms with Crippen molar-refractivity contribution in [3.05, 3.63) is 24.0 Å². The average Bonchev–Trinajstić information content (AvgIpc) is 2.83. The Hall–Kier alpha value is -1.62. The van der Waals surface area contributed by atoms with Gasteiger partial charge in [0, 0.05) is 13.0 Å². The molecule has 1 unspecified atom stereocenters. The van der Waals surface area contributed by atoms with Crippen molar-refractivity contribution in [3.63, 3.8) is 0 Å². The quantitative estimate of drug-likeness (QED) is 0.830. The largest absolute Gasteiger partial charge is 0.482 e. The first-order chi connectivity index (χ1) is 8.88. The van der Waals surface area contributed by atoms with Crippen molar-refractivity contribution < 1.29 is 9.47 Å². The van der Waals surface area contributed by atoms with Crippen LogP contribution in [0.15, 0.2) is 18.2 Å². The van der Waals surface area contributed by atoms with Crippen LogP contribution in [0.25, 0.3) is 5.65 Å². The summed E-state index contributed by atoms with van der Waals surface area (Å²) in [5, 5.41) is 8.42. The standard InChI is InChI=1S/C13H17N3O2/c1-17-13-7-4-6-11-14-15-12(16(11)13)9-10-5-2-3-8-18-10/h4,6-7,10H,2-3,5,8-9H2,1H3. The van der Waals surface area contributed by atoms with E-state index in [9.17, 15) is 0 Å². The van der Waals surface area contributed by atoms with Crippen LogP contribution in [0.5, 0.6) is 5.88 Å². The molecule has 0 saturated carbocycles. The van der Waals surface area contributed by atoms with Crippen LogP contribution in [-0.4, -0.2) is 34.4 Å². The van der Waals surface area contributed by atoms with E-state index in [0.717, 1.165) is 36.8 Å². The highest BCUT2D eigenvalue weighted by Gasteiger charge is 2.18. The number of nitrogens with zero attached hydrogens (tertiary/aromatic N) is 3. The predicted molar refractivity (Wildman–Crippen MR) is 66.8 cm³/mol. The molecule has 1 atom stereocenters. The molecule has 0 aliphatic carbocycles. The highest BCUT2D eigenvalue weighted by Crippen LogP contribution is 2.20. The first-order valence-corrected chi connectivity index (χ1v) is 6.37. The third-order valence-corrected chi connectivity index (χ3v) is 3.35. The molecular formula is C13H17N3O2. The summed E-state index contributed by atoms with van der Waals surface area (Å²) in [6.07, 6.45) is 4.56. The van der Waals surface area contributed by atoms with E-state index in [2.05, 4.69) is 10.2 Å². The zero-order chi connectivity index (χ0) is 12.4. The van der Waals surface area contributed by atoms with Crippen LogP contribution in [0.3, 0.4) is 0 Å². The Bertz CT molecular complexity index is 532. The lowest BCUT2D eigenvalue weighted by Crippen LogP contribution is -2.22. The summed E-state index contributed by atoms with van der Waals surface area (Å²) in [6, 6.07) is 5.77. The van der Waals surface area contributed by atoms with Crippen LogP contribution < -0.4 is 4.74 Å². The molecule has 1 saturated heterocycles. The third kappa shape index (κ3) is 2.06. The van der Waals surface area contributed by atoms with Crippen molar-refractivity contribution in [2.75, 3.05) is 13.7 Å². The molecule has 0 amide bonds. The molecule has 0 spiro atoms. The first-order valence-electron chi connectivity index (χ1n) is 6.37. The van der Waals surface area contributed by atoms with Crippen molar-refractivity contribution in [3.8, 4) is 5.88 Å². The number of fused-ring (bicyclic) bond motifs is 1. The average molecular weight is 247 g/mol. The van der Waals surface area contributed by atoms with Crippen LogP contribution in [0.2, 0.25) is 0 Å². The molecule has 96 valence electrons. The molecule has 3 heterocycles. The lowest BCUT2D eigenvalue weighted by Gasteiger charge is -2.21. The van der Waals surface area contributed by atoms with Crippen molar-refractivity contribution in [1.82, 2.24) is 14.6 Å². The Balaban J connectivity index is 1.91. The van der Waals surface area contributed by atoms with Crippen molar-refractivity contribution in [2.45, 2.75) is 31.8 Å². The van der Waals surface area contributed by atoms with E-state index in [1.54, 1.807) is 7.11 Å². The summed E-state index contributed by atoms with van der Waals surface area (Å²) < 4.78 is 13.1. The second-order valence-electron chi connectivity index (χ2n) is 4.57. The minimum absolute atomic E-state index is 0.260. The second-order valence-corrected chi connectivity index (χ2v) is 4.57. The topological polar surface area (TPSA) is 48.7 Å². The minimum atomic E-state index is 0.260. The van der Waals surface area contributed by atoms with Gasteiger partial charge in [0.05, 0.1) is 13.2 Å². The Morgan fingerprint density at radius 2 is 2.33 bits per heavy atom. The predicted octanol–water partition coefficient (Wildman–Crippen LogP) is 1.85.